The molecule has 0 atom stereocenters. The van der Waals surface area contributed by atoms with Crippen molar-refractivity contribution in [3.63, 3.8) is 0 Å². The number of anilines is 1. The van der Waals surface area contributed by atoms with Crippen LogP contribution >= 0.6 is 27.3 Å². The Kier molecular flexibility index (Phi) is 10.2. The smallest absolute Gasteiger partial charge is 0.416 e. The van der Waals surface area contributed by atoms with Gasteiger partial charge in [0.25, 0.3) is 5.91 Å². The predicted octanol–water partition coefficient (Wildman–Crippen LogP) is 6.72. The molecule has 0 fully saturated rings. The lowest BCUT2D eigenvalue weighted by Gasteiger charge is -2.23. The van der Waals surface area contributed by atoms with Crippen LogP contribution < -0.4 is 14.8 Å². The van der Waals surface area contributed by atoms with Crippen LogP contribution in [0.2, 0.25) is 0 Å². The standard InChI is InChI=1S/C29H26BrF3N4O4S/c1-40-23-12-3-18(17-24(23)41-2)13-15-37(27(39)20-4-8-21(9-5-20)29(31,32)33)16-14-25(38)34-28-36-35-26(42-28)19-6-10-22(30)11-7-19/h3-12,17H,13-16H2,1-2H3,(H,34,36,38). The van der Waals surface area contributed by atoms with E-state index < -0.39 is 17.6 Å². The number of amides is 2. The average molecular weight is 664 g/mol. The van der Waals surface area contributed by atoms with Gasteiger partial charge in [-0.15, -0.1) is 10.2 Å². The molecule has 0 spiro atoms. The number of halogens is 4. The molecule has 1 N–H and O–H groups in total. The first-order valence-corrected chi connectivity index (χ1v) is 14.2. The molecule has 0 aliphatic carbocycles. The summed E-state index contributed by atoms with van der Waals surface area (Å²) in [5.41, 5.74) is 0.921. The fraction of sp³-hybridized carbons (Fsp3) is 0.241. The van der Waals surface area contributed by atoms with Crippen LogP contribution in [-0.2, 0) is 17.4 Å². The summed E-state index contributed by atoms with van der Waals surface area (Å²) in [7, 11) is 3.04. The van der Waals surface area contributed by atoms with Gasteiger partial charge in [0.2, 0.25) is 11.0 Å². The third-order valence-electron chi connectivity index (χ3n) is 6.24. The molecule has 13 heteroatoms. The number of hydrogen-bond acceptors (Lipinski definition) is 7. The third kappa shape index (κ3) is 8.07. The number of alkyl halides is 3. The molecule has 1 heterocycles. The van der Waals surface area contributed by atoms with Gasteiger partial charge in [-0.3, -0.25) is 9.59 Å². The van der Waals surface area contributed by atoms with Gasteiger partial charge in [0, 0.05) is 35.1 Å². The molecule has 3 aromatic carbocycles. The molecule has 4 aromatic rings. The normalized spacial score (nSPS) is 11.2. The zero-order chi connectivity index (χ0) is 30.3. The molecule has 0 bridgehead atoms. The number of benzene rings is 3. The zero-order valence-corrected chi connectivity index (χ0v) is 25.0. The molecule has 2 amide bonds. The van der Waals surface area contributed by atoms with Gasteiger partial charge in [0.05, 0.1) is 19.8 Å². The topological polar surface area (TPSA) is 93.6 Å². The molecule has 0 radical (unpaired) electrons. The fourth-order valence-corrected chi connectivity index (χ4v) is 5.03. The van der Waals surface area contributed by atoms with Gasteiger partial charge in [-0.1, -0.05) is 45.5 Å². The zero-order valence-electron chi connectivity index (χ0n) is 22.6. The van der Waals surface area contributed by atoms with Crippen LogP contribution in [0.25, 0.3) is 10.6 Å². The second-order valence-corrected chi connectivity index (χ2v) is 10.9. The summed E-state index contributed by atoms with van der Waals surface area (Å²) in [4.78, 5) is 27.6. The number of nitrogens with zero attached hydrogens (tertiary/aromatic N) is 3. The Morgan fingerprint density at radius 1 is 0.929 bits per heavy atom. The molecule has 4 rings (SSSR count). The Morgan fingerprint density at radius 2 is 1.62 bits per heavy atom. The Morgan fingerprint density at radius 3 is 2.26 bits per heavy atom. The van der Waals surface area contributed by atoms with Crippen LogP contribution in [0.3, 0.4) is 0 Å². The molecule has 0 aliphatic rings. The number of carbonyl (C=O) groups is 2. The molecule has 8 nitrogen and oxygen atoms in total. The van der Waals surface area contributed by atoms with Crippen molar-refractivity contribution in [1.29, 1.82) is 0 Å². The van der Waals surface area contributed by atoms with E-state index in [0.29, 0.717) is 28.1 Å². The molecule has 0 unspecified atom stereocenters. The predicted molar refractivity (Wildman–Crippen MR) is 157 cm³/mol. The maximum atomic E-state index is 13.4. The van der Waals surface area contributed by atoms with Crippen molar-refractivity contribution >= 4 is 44.2 Å². The number of methoxy groups -OCH3 is 2. The summed E-state index contributed by atoms with van der Waals surface area (Å²) in [6, 6.07) is 16.9. The second kappa shape index (κ2) is 13.8. The molecule has 220 valence electrons. The van der Waals surface area contributed by atoms with Crippen molar-refractivity contribution in [3.05, 3.63) is 87.9 Å². The van der Waals surface area contributed by atoms with Gasteiger partial charge in [0.15, 0.2) is 11.5 Å². The Balaban J connectivity index is 1.45. The highest BCUT2D eigenvalue weighted by Gasteiger charge is 2.30. The fourth-order valence-electron chi connectivity index (χ4n) is 4.00. The van der Waals surface area contributed by atoms with Gasteiger partial charge >= 0.3 is 6.18 Å². The Hall–Kier alpha value is -3.97. The number of ether oxygens (including phenoxy) is 2. The van der Waals surface area contributed by atoms with Gasteiger partial charge in [0.1, 0.15) is 5.01 Å². The summed E-state index contributed by atoms with van der Waals surface area (Å²) in [6.45, 7) is 0.229. The highest BCUT2D eigenvalue weighted by atomic mass is 79.9. The van der Waals surface area contributed by atoms with E-state index in [-0.39, 0.29) is 31.0 Å². The number of carbonyl (C=O) groups excluding carboxylic acids is 2. The molecule has 42 heavy (non-hydrogen) atoms. The average Bonchev–Trinajstić information content (AvgIpc) is 3.45. The lowest BCUT2D eigenvalue weighted by atomic mass is 10.1. The lowest BCUT2D eigenvalue weighted by Crippen LogP contribution is -2.35. The summed E-state index contributed by atoms with van der Waals surface area (Å²) >= 11 is 4.59. The van der Waals surface area contributed by atoms with Gasteiger partial charge in [-0.2, -0.15) is 13.2 Å². The summed E-state index contributed by atoms with van der Waals surface area (Å²) in [5, 5.41) is 11.8. The Labute approximate surface area is 252 Å². The maximum Gasteiger partial charge on any atom is 0.416 e. The van der Waals surface area contributed by atoms with Gasteiger partial charge in [-0.05, 0) is 60.5 Å². The van der Waals surface area contributed by atoms with Crippen LogP contribution in [0.4, 0.5) is 18.3 Å². The van der Waals surface area contributed by atoms with Crippen molar-refractivity contribution < 1.29 is 32.2 Å². The van der Waals surface area contributed by atoms with E-state index in [1.807, 2.05) is 30.3 Å². The first-order chi connectivity index (χ1) is 20.1. The molecular weight excluding hydrogens is 637 g/mol. The van der Waals surface area contributed by atoms with E-state index >= 15 is 0 Å². The van der Waals surface area contributed by atoms with E-state index in [0.717, 1.165) is 39.9 Å². The Bertz CT molecular complexity index is 1530. The van der Waals surface area contributed by atoms with Crippen molar-refractivity contribution in [2.24, 2.45) is 0 Å². The van der Waals surface area contributed by atoms with Crippen molar-refractivity contribution in [2.75, 3.05) is 32.6 Å². The van der Waals surface area contributed by atoms with Crippen molar-refractivity contribution in [1.82, 2.24) is 15.1 Å². The van der Waals surface area contributed by atoms with Crippen LogP contribution in [0.15, 0.2) is 71.2 Å². The first-order valence-electron chi connectivity index (χ1n) is 12.6. The minimum atomic E-state index is -4.52. The van der Waals surface area contributed by atoms with E-state index in [1.165, 1.54) is 30.5 Å². The monoisotopic (exact) mass is 662 g/mol. The molecular formula is C29H26BrF3N4O4S. The van der Waals surface area contributed by atoms with Crippen LogP contribution in [0, 0.1) is 0 Å². The van der Waals surface area contributed by atoms with Crippen LogP contribution in [0.5, 0.6) is 11.5 Å². The quantitative estimate of drug-likeness (QED) is 0.192. The van der Waals surface area contributed by atoms with E-state index in [4.69, 9.17) is 9.47 Å². The highest BCUT2D eigenvalue weighted by molar-refractivity contribution is 9.10. The van der Waals surface area contributed by atoms with Crippen molar-refractivity contribution in [3.8, 4) is 22.1 Å². The van der Waals surface area contributed by atoms with Crippen molar-refractivity contribution in [2.45, 2.75) is 19.0 Å². The second-order valence-electron chi connectivity index (χ2n) is 9.02. The number of nitrogens with one attached hydrogen (secondary N) is 1. The number of hydrogen-bond donors (Lipinski definition) is 1. The van der Waals surface area contributed by atoms with E-state index in [9.17, 15) is 22.8 Å². The largest absolute Gasteiger partial charge is 0.493 e. The van der Waals surface area contributed by atoms with Crippen LogP contribution in [-0.4, -0.2) is 54.2 Å². The number of rotatable bonds is 11. The van der Waals surface area contributed by atoms with Gasteiger partial charge in [-0.25, -0.2) is 0 Å². The SMILES string of the molecule is COc1ccc(CCN(CCC(=O)Nc2nnc(-c3ccc(Br)cc3)s2)C(=O)c2ccc(C(F)(F)F)cc2)cc1OC. The number of aromatic nitrogens is 2. The molecule has 0 aliphatic heterocycles. The summed E-state index contributed by atoms with van der Waals surface area (Å²) < 4.78 is 50.6. The molecule has 0 saturated heterocycles. The van der Waals surface area contributed by atoms with Crippen LogP contribution in [0.1, 0.15) is 27.9 Å². The molecule has 1 aromatic heterocycles. The third-order valence-corrected chi connectivity index (χ3v) is 7.65. The van der Waals surface area contributed by atoms with E-state index in [2.05, 4.69) is 31.4 Å². The highest BCUT2D eigenvalue weighted by Crippen LogP contribution is 2.30. The summed E-state index contributed by atoms with van der Waals surface area (Å²) in [6.07, 6.45) is -4.18. The van der Waals surface area contributed by atoms with Gasteiger partial charge < -0.3 is 19.7 Å². The van der Waals surface area contributed by atoms with E-state index in [1.54, 1.807) is 12.1 Å². The lowest BCUT2D eigenvalue weighted by molar-refractivity contribution is -0.137. The minimum absolute atomic E-state index is 0.0252. The first kappa shape index (κ1) is 31.0. The summed E-state index contributed by atoms with van der Waals surface area (Å²) in [5.74, 6) is 0.195. The maximum absolute atomic E-state index is 13.4. The minimum Gasteiger partial charge on any atom is -0.493 e. The molecule has 0 saturated carbocycles.